The highest BCUT2D eigenvalue weighted by Crippen LogP contribution is 2.36. The van der Waals surface area contributed by atoms with Gasteiger partial charge in [0.25, 0.3) is 0 Å². The Morgan fingerprint density at radius 1 is 0.444 bits per heavy atom. The third-order valence-corrected chi connectivity index (χ3v) is 10.3. The molecule has 1 atom stereocenters. The number of para-hydroxylation sites is 2. The lowest BCUT2D eigenvalue weighted by Gasteiger charge is -2.14. The number of hydrogen-bond donors (Lipinski definition) is 0. The Hall–Kier alpha value is -5.44. The number of benzene rings is 6. The Kier molecular flexibility index (Phi) is 6.98. The zero-order chi connectivity index (χ0) is 30.2. The van der Waals surface area contributed by atoms with Gasteiger partial charge in [-0.15, -0.1) is 0 Å². The summed E-state index contributed by atoms with van der Waals surface area (Å²) < 4.78 is 6.41. The third kappa shape index (κ3) is 5.20. The quantitative estimate of drug-likeness (QED) is 0.179. The maximum Gasteiger partial charge on any atom is 0.167 e. The van der Waals surface area contributed by atoms with Crippen molar-refractivity contribution >= 4 is 40.5 Å². The minimum atomic E-state index is -0.532. The van der Waals surface area contributed by atoms with Crippen molar-refractivity contribution < 1.29 is 4.42 Å². The summed E-state index contributed by atoms with van der Waals surface area (Å²) in [5.41, 5.74) is 6.59. The third-order valence-electron chi connectivity index (χ3n) is 8.14. The van der Waals surface area contributed by atoms with E-state index in [9.17, 15) is 0 Å². The van der Waals surface area contributed by atoms with Gasteiger partial charge in [-0.1, -0.05) is 127 Å². The number of furan rings is 1. The molecular weight excluding hydrogens is 569 g/mol. The number of fused-ring (bicyclic) bond motifs is 3. The van der Waals surface area contributed by atoms with Crippen LogP contribution in [-0.2, 0) is 0 Å². The summed E-state index contributed by atoms with van der Waals surface area (Å²) in [6.07, 6.45) is 0. The predicted molar refractivity (Wildman–Crippen MR) is 187 cm³/mol. The molecule has 0 fully saturated rings. The second kappa shape index (κ2) is 11.6. The molecule has 4 nitrogen and oxygen atoms in total. The summed E-state index contributed by atoms with van der Waals surface area (Å²) >= 11 is 0. The molecule has 8 rings (SSSR count). The van der Waals surface area contributed by atoms with Gasteiger partial charge in [0.2, 0.25) is 0 Å². The van der Waals surface area contributed by atoms with Crippen molar-refractivity contribution in [3.05, 3.63) is 152 Å². The first-order valence-corrected chi connectivity index (χ1v) is 16.7. The molecule has 0 amide bonds. The van der Waals surface area contributed by atoms with E-state index in [0.29, 0.717) is 17.5 Å². The van der Waals surface area contributed by atoms with Crippen LogP contribution in [0.15, 0.2) is 156 Å². The fourth-order valence-corrected chi connectivity index (χ4v) is 7.36. The summed E-state index contributed by atoms with van der Waals surface area (Å²) in [6.45, 7) is 2.30. The van der Waals surface area contributed by atoms with Crippen LogP contribution < -0.4 is 10.6 Å². The topological polar surface area (TPSA) is 51.8 Å². The minimum Gasteiger partial charge on any atom is -0.455 e. The summed E-state index contributed by atoms with van der Waals surface area (Å²) in [6, 6.07) is 52.3. The van der Waals surface area contributed by atoms with Crippen molar-refractivity contribution in [1.82, 2.24) is 15.0 Å². The molecule has 6 aromatic carbocycles. The fourth-order valence-electron chi connectivity index (χ4n) is 5.80. The maximum absolute atomic E-state index is 6.41. The highest BCUT2D eigenvalue weighted by atomic mass is 31.1. The van der Waals surface area contributed by atoms with E-state index in [0.717, 1.165) is 49.8 Å². The van der Waals surface area contributed by atoms with E-state index in [1.807, 2.05) is 36.4 Å². The van der Waals surface area contributed by atoms with E-state index in [2.05, 4.69) is 122 Å². The molecule has 0 N–H and O–H groups in total. The van der Waals surface area contributed by atoms with E-state index in [1.54, 1.807) is 0 Å². The van der Waals surface area contributed by atoms with Gasteiger partial charge in [-0.3, -0.25) is 0 Å². The van der Waals surface area contributed by atoms with Crippen molar-refractivity contribution in [2.75, 3.05) is 6.66 Å². The van der Waals surface area contributed by atoms with E-state index in [1.165, 1.54) is 10.6 Å². The number of aromatic nitrogens is 3. The zero-order valence-corrected chi connectivity index (χ0v) is 25.5. The minimum absolute atomic E-state index is 0.532. The molecule has 214 valence electrons. The molecule has 0 spiro atoms. The van der Waals surface area contributed by atoms with E-state index in [4.69, 9.17) is 19.4 Å². The van der Waals surface area contributed by atoms with E-state index < -0.39 is 7.92 Å². The molecule has 45 heavy (non-hydrogen) atoms. The van der Waals surface area contributed by atoms with Gasteiger partial charge < -0.3 is 4.42 Å². The normalized spacial score (nSPS) is 12.0. The van der Waals surface area contributed by atoms with Gasteiger partial charge in [0.1, 0.15) is 11.2 Å². The number of nitrogens with zero attached hydrogens (tertiary/aromatic N) is 3. The summed E-state index contributed by atoms with van der Waals surface area (Å²) in [7, 11) is -0.532. The second-order valence-corrected chi connectivity index (χ2v) is 13.1. The van der Waals surface area contributed by atoms with Gasteiger partial charge in [0, 0.05) is 21.9 Å². The molecule has 0 bridgehead atoms. The van der Waals surface area contributed by atoms with Gasteiger partial charge in [-0.05, 0) is 60.6 Å². The van der Waals surface area contributed by atoms with Gasteiger partial charge >= 0.3 is 0 Å². The molecule has 1 unspecified atom stereocenters. The molecule has 0 saturated heterocycles. The average molecular weight is 598 g/mol. The zero-order valence-electron chi connectivity index (χ0n) is 24.6. The van der Waals surface area contributed by atoms with Crippen molar-refractivity contribution in [1.29, 1.82) is 0 Å². The predicted octanol–water partition coefficient (Wildman–Crippen LogP) is 9.50. The highest BCUT2D eigenvalue weighted by Gasteiger charge is 2.18. The molecule has 8 aromatic rings. The van der Waals surface area contributed by atoms with Crippen LogP contribution in [0.25, 0.3) is 67.2 Å². The van der Waals surface area contributed by atoms with E-state index in [-0.39, 0.29) is 0 Å². The first-order valence-electron chi connectivity index (χ1n) is 14.9. The molecule has 2 aromatic heterocycles. The molecular formula is C40H28N3OP. The lowest BCUT2D eigenvalue weighted by molar-refractivity contribution is 0.669. The molecule has 2 heterocycles. The van der Waals surface area contributed by atoms with Gasteiger partial charge in [0.15, 0.2) is 17.5 Å². The van der Waals surface area contributed by atoms with Crippen LogP contribution in [0, 0.1) is 0 Å². The molecule has 0 aliphatic carbocycles. The van der Waals surface area contributed by atoms with Crippen LogP contribution in [0.4, 0.5) is 0 Å². The van der Waals surface area contributed by atoms with Crippen LogP contribution >= 0.6 is 7.92 Å². The SMILES string of the molecule is CP(c1ccccc1)c1cccc(-c2nc(-c3cccc(-c4ccccc4)c3)nc(-c3cccc4c3oc3ccccc34)n2)c1. The van der Waals surface area contributed by atoms with Crippen LogP contribution in [0.3, 0.4) is 0 Å². The first kappa shape index (κ1) is 27.1. The van der Waals surface area contributed by atoms with Crippen LogP contribution in [-0.4, -0.2) is 21.6 Å². The molecule has 0 aliphatic heterocycles. The van der Waals surface area contributed by atoms with Crippen molar-refractivity contribution in [3.8, 4) is 45.3 Å². The number of rotatable bonds is 6. The van der Waals surface area contributed by atoms with Gasteiger partial charge in [0.05, 0.1) is 5.56 Å². The Labute approximate surface area is 262 Å². The fraction of sp³-hybridized carbons (Fsp3) is 0.0250. The number of hydrogen-bond acceptors (Lipinski definition) is 4. The molecule has 5 heteroatoms. The first-order chi connectivity index (χ1) is 22.2. The summed E-state index contributed by atoms with van der Waals surface area (Å²) in [5.74, 6) is 1.83. The molecule has 0 aliphatic rings. The Morgan fingerprint density at radius 2 is 1.00 bits per heavy atom. The Bertz CT molecular complexity index is 2300. The summed E-state index contributed by atoms with van der Waals surface area (Å²) in [5, 5.41) is 4.71. The molecule has 0 saturated carbocycles. The Balaban J connectivity index is 1.31. The van der Waals surface area contributed by atoms with Crippen molar-refractivity contribution in [2.45, 2.75) is 0 Å². The van der Waals surface area contributed by atoms with Crippen molar-refractivity contribution in [3.63, 3.8) is 0 Å². The lowest BCUT2D eigenvalue weighted by atomic mass is 10.0. The van der Waals surface area contributed by atoms with Gasteiger partial charge in [-0.2, -0.15) is 0 Å². The smallest absolute Gasteiger partial charge is 0.167 e. The largest absolute Gasteiger partial charge is 0.455 e. The maximum atomic E-state index is 6.41. The summed E-state index contributed by atoms with van der Waals surface area (Å²) in [4.78, 5) is 15.3. The van der Waals surface area contributed by atoms with Gasteiger partial charge in [-0.25, -0.2) is 15.0 Å². The molecule has 0 radical (unpaired) electrons. The average Bonchev–Trinajstić information content (AvgIpc) is 3.51. The second-order valence-electron chi connectivity index (χ2n) is 11.0. The highest BCUT2D eigenvalue weighted by molar-refractivity contribution is 7.72. The van der Waals surface area contributed by atoms with E-state index >= 15 is 0 Å². The van der Waals surface area contributed by atoms with Crippen LogP contribution in [0.5, 0.6) is 0 Å². The van der Waals surface area contributed by atoms with Crippen LogP contribution in [0.2, 0.25) is 0 Å². The lowest BCUT2D eigenvalue weighted by Crippen LogP contribution is -2.11. The van der Waals surface area contributed by atoms with Crippen molar-refractivity contribution in [2.24, 2.45) is 0 Å². The monoisotopic (exact) mass is 597 g/mol. The van der Waals surface area contributed by atoms with Crippen LogP contribution in [0.1, 0.15) is 0 Å². The Morgan fingerprint density at radius 3 is 1.80 bits per heavy atom. The standard InChI is InChI=1S/C40H28N3OP/c1-45(31-18-6-3-7-19-31)32-20-11-17-30(26-32)39-41-38(29-16-10-15-28(25-29)27-13-4-2-5-14-27)42-40(43-39)35-23-12-22-34-33-21-8-9-24-36(33)44-37(34)35/h2-26H,1H3.